The van der Waals surface area contributed by atoms with Crippen LogP contribution in [-0.4, -0.2) is 21.1 Å². The average molecular weight is 370 g/mol. The number of hydrogen-bond acceptors (Lipinski definition) is 6. The first-order valence-electron chi connectivity index (χ1n) is 8.17. The molecule has 0 aliphatic carbocycles. The molecule has 3 aromatic heterocycles. The Labute approximate surface area is 154 Å². The molecule has 134 valence electrons. The molecule has 0 radical (unpaired) electrons. The quantitative estimate of drug-likeness (QED) is 0.492. The second kappa shape index (κ2) is 7.61. The van der Waals surface area contributed by atoms with Crippen molar-refractivity contribution in [3.63, 3.8) is 0 Å². The highest BCUT2D eigenvalue weighted by atomic mass is 32.1. The van der Waals surface area contributed by atoms with Crippen LogP contribution < -0.4 is 5.56 Å². The molecule has 0 fully saturated rings. The summed E-state index contributed by atoms with van der Waals surface area (Å²) in [6.45, 7) is 3.66. The lowest BCUT2D eigenvalue weighted by Crippen LogP contribution is -2.18. The van der Waals surface area contributed by atoms with Gasteiger partial charge in [0.25, 0.3) is 5.56 Å². The minimum absolute atomic E-state index is 0.00144. The number of aryl methyl sites for hydroxylation is 2. The van der Waals surface area contributed by atoms with Crippen molar-refractivity contribution in [3.8, 4) is 0 Å². The van der Waals surface area contributed by atoms with Gasteiger partial charge >= 0.3 is 5.97 Å². The number of Topliss-reactive ketones (excluding diaryl/α,β-unsaturated/α-hetero) is 1. The van der Waals surface area contributed by atoms with Crippen molar-refractivity contribution >= 4 is 28.7 Å². The van der Waals surface area contributed by atoms with Crippen LogP contribution in [0.25, 0.3) is 5.65 Å². The minimum atomic E-state index is -0.488. The maximum atomic E-state index is 12.2. The van der Waals surface area contributed by atoms with E-state index in [-0.39, 0.29) is 30.8 Å². The molecule has 3 aromatic rings. The van der Waals surface area contributed by atoms with Crippen molar-refractivity contribution in [3.05, 3.63) is 67.9 Å². The average Bonchev–Trinajstić information content (AvgIpc) is 3.04. The van der Waals surface area contributed by atoms with Gasteiger partial charge in [0.2, 0.25) is 0 Å². The lowest BCUT2D eigenvalue weighted by molar-refractivity contribution is -0.145. The highest BCUT2D eigenvalue weighted by Gasteiger charge is 2.13. The van der Waals surface area contributed by atoms with E-state index in [0.29, 0.717) is 16.2 Å². The van der Waals surface area contributed by atoms with Crippen LogP contribution in [0.15, 0.2) is 41.2 Å². The molecule has 7 heteroatoms. The number of nitrogens with zero attached hydrogens (tertiary/aromatic N) is 2. The number of carbonyl (C=O) groups excluding carboxylic acids is 2. The fourth-order valence-corrected chi connectivity index (χ4v) is 3.42. The van der Waals surface area contributed by atoms with Crippen molar-refractivity contribution in [2.75, 3.05) is 0 Å². The molecule has 0 saturated heterocycles. The monoisotopic (exact) mass is 370 g/mol. The number of carbonyl (C=O) groups is 2. The molecule has 0 aromatic carbocycles. The van der Waals surface area contributed by atoms with E-state index in [1.54, 1.807) is 12.1 Å². The maximum Gasteiger partial charge on any atom is 0.306 e. The molecule has 0 aliphatic rings. The Kier molecular flexibility index (Phi) is 5.27. The molecule has 0 unspecified atom stereocenters. The van der Waals surface area contributed by atoms with Gasteiger partial charge in [-0.15, -0.1) is 11.3 Å². The molecule has 3 heterocycles. The van der Waals surface area contributed by atoms with E-state index in [4.69, 9.17) is 4.74 Å². The van der Waals surface area contributed by atoms with Crippen LogP contribution >= 0.6 is 11.3 Å². The van der Waals surface area contributed by atoms with E-state index < -0.39 is 5.97 Å². The predicted octanol–water partition coefficient (Wildman–Crippen LogP) is 3.08. The van der Waals surface area contributed by atoms with Crippen LogP contribution in [0, 0.1) is 13.8 Å². The highest BCUT2D eigenvalue weighted by Crippen LogP contribution is 2.17. The second-order valence-corrected chi connectivity index (χ2v) is 7.23. The fraction of sp³-hybridized carbons (Fsp3) is 0.263. The molecule has 0 bridgehead atoms. The summed E-state index contributed by atoms with van der Waals surface area (Å²) in [5, 5.41) is 0. The summed E-state index contributed by atoms with van der Waals surface area (Å²) in [7, 11) is 0. The zero-order valence-electron chi connectivity index (χ0n) is 14.5. The number of thiophene rings is 1. The summed E-state index contributed by atoms with van der Waals surface area (Å²) in [5.74, 6) is -0.560. The third kappa shape index (κ3) is 4.05. The Morgan fingerprint density at radius 1 is 1.15 bits per heavy atom. The Balaban J connectivity index is 1.58. The summed E-state index contributed by atoms with van der Waals surface area (Å²) in [4.78, 5) is 42.1. The second-order valence-electron chi connectivity index (χ2n) is 5.94. The van der Waals surface area contributed by atoms with Crippen LogP contribution in [0.5, 0.6) is 0 Å². The van der Waals surface area contributed by atoms with E-state index in [9.17, 15) is 14.4 Å². The van der Waals surface area contributed by atoms with Crippen LogP contribution in [0.2, 0.25) is 0 Å². The van der Waals surface area contributed by atoms with Gasteiger partial charge in [0, 0.05) is 23.1 Å². The van der Waals surface area contributed by atoms with Gasteiger partial charge in [-0.25, -0.2) is 4.98 Å². The smallest absolute Gasteiger partial charge is 0.306 e. The van der Waals surface area contributed by atoms with Crippen LogP contribution in [0.3, 0.4) is 0 Å². The van der Waals surface area contributed by atoms with Crippen molar-refractivity contribution in [2.45, 2.75) is 33.3 Å². The number of hydrogen-bond donors (Lipinski definition) is 0. The summed E-state index contributed by atoms with van der Waals surface area (Å²) in [6, 6.07) is 10.4. The van der Waals surface area contributed by atoms with Crippen molar-refractivity contribution in [2.24, 2.45) is 0 Å². The number of aromatic nitrogens is 2. The predicted molar refractivity (Wildman–Crippen MR) is 98.6 cm³/mol. The SMILES string of the molecule is Cc1ccc(C(=O)CCC(=O)OCc2cc(=O)n3c(C)cccc3n2)s1. The van der Waals surface area contributed by atoms with Crippen LogP contribution in [-0.2, 0) is 16.1 Å². The summed E-state index contributed by atoms with van der Waals surface area (Å²) in [6.07, 6.45) is 0.104. The molecule has 0 atom stereocenters. The summed E-state index contributed by atoms with van der Waals surface area (Å²) in [5.41, 5.74) is 1.45. The molecule has 0 aliphatic heterocycles. The third-order valence-electron chi connectivity index (χ3n) is 3.89. The van der Waals surface area contributed by atoms with Crippen molar-refractivity contribution < 1.29 is 14.3 Å². The van der Waals surface area contributed by atoms with E-state index in [1.807, 2.05) is 32.0 Å². The van der Waals surface area contributed by atoms with Gasteiger partial charge in [-0.3, -0.25) is 18.8 Å². The van der Waals surface area contributed by atoms with Crippen molar-refractivity contribution in [1.82, 2.24) is 9.38 Å². The Morgan fingerprint density at radius 3 is 2.69 bits per heavy atom. The molecular weight excluding hydrogens is 352 g/mol. The summed E-state index contributed by atoms with van der Waals surface area (Å²) >= 11 is 1.41. The Morgan fingerprint density at radius 2 is 1.96 bits per heavy atom. The van der Waals surface area contributed by atoms with E-state index in [0.717, 1.165) is 10.6 Å². The lowest BCUT2D eigenvalue weighted by Gasteiger charge is -2.07. The van der Waals surface area contributed by atoms with E-state index >= 15 is 0 Å². The van der Waals surface area contributed by atoms with Gasteiger partial charge in [0.15, 0.2) is 5.78 Å². The van der Waals surface area contributed by atoms with Gasteiger partial charge in [0.1, 0.15) is 12.3 Å². The standard InChI is InChI=1S/C19H18N2O4S/c1-12-4-3-5-17-20-14(10-18(23)21(12)17)11-25-19(24)9-7-15(22)16-8-6-13(2)26-16/h3-6,8,10H,7,9,11H2,1-2H3. The molecule has 0 amide bonds. The number of esters is 1. The third-order valence-corrected chi connectivity index (χ3v) is 4.93. The zero-order valence-corrected chi connectivity index (χ0v) is 15.3. The first-order valence-corrected chi connectivity index (χ1v) is 8.99. The molecular formula is C19H18N2O4S. The molecule has 6 nitrogen and oxygen atoms in total. The maximum absolute atomic E-state index is 12.2. The molecule has 0 spiro atoms. The van der Waals surface area contributed by atoms with Gasteiger partial charge < -0.3 is 4.74 Å². The zero-order chi connectivity index (χ0) is 18.7. The molecule has 26 heavy (non-hydrogen) atoms. The van der Waals surface area contributed by atoms with Crippen LogP contribution in [0.4, 0.5) is 0 Å². The van der Waals surface area contributed by atoms with E-state index in [1.165, 1.54) is 21.8 Å². The lowest BCUT2D eigenvalue weighted by atomic mass is 10.2. The van der Waals surface area contributed by atoms with Gasteiger partial charge in [-0.2, -0.15) is 0 Å². The Bertz CT molecular complexity index is 1040. The normalized spacial score (nSPS) is 10.8. The minimum Gasteiger partial charge on any atom is -0.459 e. The highest BCUT2D eigenvalue weighted by molar-refractivity contribution is 7.14. The van der Waals surface area contributed by atoms with Gasteiger partial charge in [-0.05, 0) is 38.1 Å². The van der Waals surface area contributed by atoms with Crippen LogP contribution in [0.1, 0.15) is 38.8 Å². The molecule has 0 N–H and O–H groups in total. The number of pyridine rings is 1. The topological polar surface area (TPSA) is 77.7 Å². The number of ether oxygens (including phenoxy) is 1. The van der Waals surface area contributed by atoms with Gasteiger partial charge in [-0.1, -0.05) is 6.07 Å². The first-order chi connectivity index (χ1) is 12.4. The molecule has 3 rings (SSSR count). The van der Waals surface area contributed by atoms with E-state index in [2.05, 4.69) is 4.98 Å². The number of rotatable bonds is 6. The first kappa shape index (κ1) is 18.0. The van der Waals surface area contributed by atoms with Crippen molar-refractivity contribution in [1.29, 1.82) is 0 Å². The number of fused-ring (bicyclic) bond motifs is 1. The summed E-state index contributed by atoms with van der Waals surface area (Å²) < 4.78 is 6.65. The Hall–Kier alpha value is -2.80. The number of ketones is 1. The van der Waals surface area contributed by atoms with Gasteiger partial charge in [0.05, 0.1) is 17.0 Å². The fourth-order valence-electron chi connectivity index (χ4n) is 2.59. The molecule has 0 saturated carbocycles. The largest absolute Gasteiger partial charge is 0.459 e.